The van der Waals surface area contributed by atoms with Crippen molar-refractivity contribution >= 4 is 17.6 Å². The van der Waals surface area contributed by atoms with Crippen molar-refractivity contribution in [3.05, 3.63) is 53.6 Å². The van der Waals surface area contributed by atoms with Gasteiger partial charge < -0.3 is 29.2 Å². The van der Waals surface area contributed by atoms with E-state index in [0.717, 1.165) is 17.2 Å². The molecule has 7 heteroatoms. The van der Waals surface area contributed by atoms with Gasteiger partial charge >= 0.3 is 0 Å². The molecule has 4 rings (SSSR count). The van der Waals surface area contributed by atoms with Crippen LogP contribution in [0.1, 0.15) is 20.7 Å². The molecule has 0 N–H and O–H groups in total. The fourth-order valence-electron chi connectivity index (χ4n) is 3.18. The number of carbonyl (C=O) groups excluding carboxylic acids is 2. The SMILES string of the molecule is O=C([O-])c1ccc(C(=O)N2CCN(c3ccc4c(c3)OCO4)CC2)cc1. The van der Waals surface area contributed by atoms with Crippen molar-refractivity contribution in [1.82, 2.24) is 4.90 Å². The number of hydrogen-bond acceptors (Lipinski definition) is 6. The van der Waals surface area contributed by atoms with Gasteiger partial charge in [-0.1, -0.05) is 12.1 Å². The molecule has 2 heterocycles. The van der Waals surface area contributed by atoms with E-state index >= 15 is 0 Å². The van der Waals surface area contributed by atoms with Crippen LogP contribution in [0.5, 0.6) is 11.5 Å². The number of nitrogens with zero attached hydrogens (tertiary/aromatic N) is 2. The highest BCUT2D eigenvalue weighted by molar-refractivity contribution is 5.95. The monoisotopic (exact) mass is 353 g/mol. The molecule has 2 aromatic carbocycles. The van der Waals surface area contributed by atoms with Crippen LogP contribution in [-0.2, 0) is 0 Å². The summed E-state index contributed by atoms with van der Waals surface area (Å²) >= 11 is 0. The summed E-state index contributed by atoms with van der Waals surface area (Å²) in [6.07, 6.45) is 0. The van der Waals surface area contributed by atoms with Gasteiger partial charge in [0.05, 0.1) is 5.97 Å². The first kappa shape index (κ1) is 16.3. The van der Waals surface area contributed by atoms with Gasteiger partial charge in [-0.25, -0.2) is 0 Å². The average molecular weight is 353 g/mol. The number of amides is 1. The lowest BCUT2D eigenvalue weighted by Crippen LogP contribution is -2.48. The van der Waals surface area contributed by atoms with E-state index in [-0.39, 0.29) is 18.3 Å². The molecule has 0 aromatic heterocycles. The van der Waals surface area contributed by atoms with Crippen LogP contribution >= 0.6 is 0 Å². The lowest BCUT2D eigenvalue weighted by molar-refractivity contribution is -0.255. The third-order valence-corrected chi connectivity index (χ3v) is 4.66. The maximum Gasteiger partial charge on any atom is 0.253 e. The summed E-state index contributed by atoms with van der Waals surface area (Å²) in [4.78, 5) is 27.4. The Morgan fingerprint density at radius 3 is 2.19 bits per heavy atom. The number of aromatic carboxylic acids is 1. The molecule has 134 valence electrons. The summed E-state index contributed by atoms with van der Waals surface area (Å²) in [5.41, 5.74) is 1.58. The maximum atomic E-state index is 12.6. The Hall–Kier alpha value is -3.22. The topological polar surface area (TPSA) is 82.1 Å². The molecular formula is C19H17N2O5-. The molecule has 2 aliphatic rings. The number of benzene rings is 2. The van der Waals surface area contributed by atoms with E-state index < -0.39 is 5.97 Å². The van der Waals surface area contributed by atoms with Crippen LogP contribution in [0.4, 0.5) is 5.69 Å². The van der Waals surface area contributed by atoms with E-state index in [1.54, 1.807) is 4.90 Å². The Morgan fingerprint density at radius 1 is 0.846 bits per heavy atom. The fraction of sp³-hybridized carbons (Fsp3) is 0.263. The Kier molecular flexibility index (Phi) is 4.12. The summed E-state index contributed by atoms with van der Waals surface area (Å²) in [5.74, 6) is 0.151. The van der Waals surface area contributed by atoms with Gasteiger partial charge in [-0.3, -0.25) is 4.79 Å². The Bertz CT molecular complexity index is 842. The van der Waals surface area contributed by atoms with E-state index in [1.807, 2.05) is 18.2 Å². The van der Waals surface area contributed by atoms with Crippen molar-refractivity contribution in [3.63, 3.8) is 0 Å². The lowest BCUT2D eigenvalue weighted by Gasteiger charge is -2.36. The predicted octanol–water partition coefficient (Wildman–Crippen LogP) is 0.741. The van der Waals surface area contributed by atoms with E-state index in [9.17, 15) is 14.7 Å². The minimum Gasteiger partial charge on any atom is -0.545 e. The van der Waals surface area contributed by atoms with Gasteiger partial charge in [-0.05, 0) is 29.8 Å². The molecule has 2 aliphatic heterocycles. The molecule has 26 heavy (non-hydrogen) atoms. The van der Waals surface area contributed by atoms with Gasteiger partial charge in [0.2, 0.25) is 6.79 Å². The largest absolute Gasteiger partial charge is 0.545 e. The summed E-state index contributed by atoms with van der Waals surface area (Å²) in [6.45, 7) is 2.86. The summed E-state index contributed by atoms with van der Waals surface area (Å²) in [5, 5.41) is 10.8. The smallest absolute Gasteiger partial charge is 0.253 e. The van der Waals surface area contributed by atoms with Crippen LogP contribution in [0, 0.1) is 0 Å². The molecule has 0 aliphatic carbocycles. The lowest BCUT2D eigenvalue weighted by atomic mass is 10.1. The van der Waals surface area contributed by atoms with Crippen molar-refractivity contribution < 1.29 is 24.2 Å². The Morgan fingerprint density at radius 2 is 1.50 bits per heavy atom. The quantitative estimate of drug-likeness (QED) is 0.810. The number of fused-ring (bicyclic) bond motifs is 1. The molecule has 0 saturated carbocycles. The number of carbonyl (C=O) groups is 2. The number of anilines is 1. The van der Waals surface area contributed by atoms with E-state index in [2.05, 4.69) is 4.90 Å². The second-order valence-corrected chi connectivity index (χ2v) is 6.18. The minimum absolute atomic E-state index is 0.0641. The number of carboxylic acids is 1. The number of piperazine rings is 1. The molecular weight excluding hydrogens is 336 g/mol. The molecule has 1 saturated heterocycles. The van der Waals surface area contributed by atoms with Crippen LogP contribution < -0.4 is 19.5 Å². The average Bonchev–Trinajstić information content (AvgIpc) is 3.15. The van der Waals surface area contributed by atoms with Crippen LogP contribution in [0.15, 0.2) is 42.5 Å². The van der Waals surface area contributed by atoms with Gasteiger partial charge in [0.25, 0.3) is 5.91 Å². The van der Waals surface area contributed by atoms with Gasteiger partial charge in [-0.2, -0.15) is 0 Å². The second-order valence-electron chi connectivity index (χ2n) is 6.18. The first-order valence-electron chi connectivity index (χ1n) is 8.37. The molecule has 1 fully saturated rings. The zero-order valence-electron chi connectivity index (χ0n) is 14.0. The van der Waals surface area contributed by atoms with E-state index in [1.165, 1.54) is 24.3 Å². The second kappa shape index (κ2) is 6.59. The molecule has 0 atom stereocenters. The molecule has 7 nitrogen and oxygen atoms in total. The number of rotatable bonds is 3. The van der Waals surface area contributed by atoms with E-state index in [0.29, 0.717) is 31.7 Å². The standard InChI is InChI=1S/C19H18N2O5/c22-18(13-1-3-14(4-2-13)19(23)24)21-9-7-20(8-10-21)15-5-6-16-17(11-15)26-12-25-16/h1-6,11H,7-10,12H2,(H,23,24)/p-1. The van der Waals surface area contributed by atoms with Crippen LogP contribution in [-0.4, -0.2) is 49.7 Å². The van der Waals surface area contributed by atoms with Crippen molar-refractivity contribution in [3.8, 4) is 11.5 Å². The van der Waals surface area contributed by atoms with Crippen LogP contribution in [0.2, 0.25) is 0 Å². The molecule has 0 radical (unpaired) electrons. The molecule has 1 amide bonds. The summed E-state index contributed by atoms with van der Waals surface area (Å²) < 4.78 is 10.7. The van der Waals surface area contributed by atoms with Crippen LogP contribution in [0.25, 0.3) is 0 Å². The highest BCUT2D eigenvalue weighted by atomic mass is 16.7. The Labute approximate surface area is 150 Å². The van der Waals surface area contributed by atoms with Crippen molar-refractivity contribution in [1.29, 1.82) is 0 Å². The fourth-order valence-corrected chi connectivity index (χ4v) is 3.18. The normalized spacial score (nSPS) is 15.8. The molecule has 0 bridgehead atoms. The van der Waals surface area contributed by atoms with Crippen molar-refractivity contribution in [2.75, 3.05) is 37.9 Å². The molecule has 2 aromatic rings. The van der Waals surface area contributed by atoms with Crippen molar-refractivity contribution in [2.24, 2.45) is 0 Å². The number of ether oxygens (including phenoxy) is 2. The van der Waals surface area contributed by atoms with Gasteiger partial charge in [-0.15, -0.1) is 0 Å². The summed E-state index contributed by atoms with van der Waals surface area (Å²) in [6, 6.07) is 11.7. The van der Waals surface area contributed by atoms with Gasteiger partial charge in [0.1, 0.15) is 0 Å². The first-order valence-corrected chi connectivity index (χ1v) is 8.37. The first-order chi connectivity index (χ1) is 12.6. The van der Waals surface area contributed by atoms with Gasteiger partial charge in [0, 0.05) is 43.5 Å². The minimum atomic E-state index is -1.25. The number of hydrogen-bond donors (Lipinski definition) is 0. The Balaban J connectivity index is 1.40. The van der Waals surface area contributed by atoms with Crippen molar-refractivity contribution in [2.45, 2.75) is 0 Å². The zero-order valence-corrected chi connectivity index (χ0v) is 14.0. The number of carboxylic acid groups (broad SMARTS) is 1. The van der Waals surface area contributed by atoms with Crippen LogP contribution in [0.3, 0.4) is 0 Å². The highest BCUT2D eigenvalue weighted by Gasteiger charge is 2.23. The molecule has 0 unspecified atom stereocenters. The molecule has 0 spiro atoms. The maximum absolute atomic E-state index is 12.6. The predicted molar refractivity (Wildman–Crippen MR) is 91.5 cm³/mol. The zero-order chi connectivity index (χ0) is 18.1. The van der Waals surface area contributed by atoms with E-state index in [4.69, 9.17) is 9.47 Å². The third kappa shape index (κ3) is 3.03. The summed E-state index contributed by atoms with van der Waals surface area (Å²) in [7, 11) is 0. The third-order valence-electron chi connectivity index (χ3n) is 4.66. The highest BCUT2D eigenvalue weighted by Crippen LogP contribution is 2.35. The van der Waals surface area contributed by atoms with Gasteiger partial charge in [0.15, 0.2) is 11.5 Å².